The number of carbonyl (C=O) groups excluding carboxylic acids is 1. The van der Waals surface area contributed by atoms with Gasteiger partial charge in [0.05, 0.1) is 23.6 Å². The number of benzene rings is 2. The molecule has 0 aliphatic carbocycles. The van der Waals surface area contributed by atoms with E-state index in [1.54, 1.807) is 41.3 Å². The Morgan fingerprint density at radius 3 is 2.67 bits per heavy atom. The van der Waals surface area contributed by atoms with Crippen molar-refractivity contribution in [2.45, 2.75) is 19.9 Å². The summed E-state index contributed by atoms with van der Waals surface area (Å²) in [6.45, 7) is 4.47. The fourth-order valence-electron chi connectivity index (χ4n) is 3.61. The van der Waals surface area contributed by atoms with E-state index in [0.717, 1.165) is 0 Å². The van der Waals surface area contributed by atoms with Gasteiger partial charge in [0.2, 0.25) is 5.76 Å². The maximum Gasteiger partial charge on any atom is 0.290 e. The third kappa shape index (κ3) is 2.56. The summed E-state index contributed by atoms with van der Waals surface area (Å²) < 4.78 is 11.3. The van der Waals surface area contributed by atoms with Crippen molar-refractivity contribution >= 4 is 16.9 Å². The number of ether oxygens (including phenoxy) is 1. The fraction of sp³-hybridized carbons (Fsp3) is 0.238. The van der Waals surface area contributed by atoms with E-state index in [9.17, 15) is 14.7 Å². The van der Waals surface area contributed by atoms with E-state index >= 15 is 0 Å². The Hall–Kier alpha value is -3.28. The number of amides is 1. The minimum absolute atomic E-state index is 0.0127. The monoisotopic (exact) mass is 365 g/mol. The number of hydrogen-bond acceptors (Lipinski definition) is 5. The molecule has 1 aromatic heterocycles. The highest BCUT2D eigenvalue weighted by molar-refractivity contribution is 5.99. The standard InChI is InChI=1S/C21H19NO5/c1-3-22-18(12-9-10-14(23)16(11-12)26-4-2)17-19(24)13-7-5-6-8-15(13)27-20(17)21(22)25/h5-11,18,23H,3-4H2,1-2H3. The van der Waals surface area contributed by atoms with Gasteiger partial charge in [-0.25, -0.2) is 0 Å². The Morgan fingerprint density at radius 1 is 1.15 bits per heavy atom. The molecule has 2 heterocycles. The number of carbonyl (C=O) groups is 1. The van der Waals surface area contributed by atoms with Gasteiger partial charge in [-0.3, -0.25) is 9.59 Å². The first kappa shape index (κ1) is 17.1. The molecular weight excluding hydrogens is 346 g/mol. The minimum Gasteiger partial charge on any atom is -0.504 e. The van der Waals surface area contributed by atoms with Gasteiger partial charge in [-0.1, -0.05) is 18.2 Å². The molecule has 27 heavy (non-hydrogen) atoms. The van der Waals surface area contributed by atoms with Crippen molar-refractivity contribution in [3.63, 3.8) is 0 Å². The average Bonchev–Trinajstić information content (AvgIpc) is 2.96. The van der Waals surface area contributed by atoms with Crippen LogP contribution in [0.5, 0.6) is 11.5 Å². The van der Waals surface area contributed by atoms with Crippen molar-refractivity contribution < 1.29 is 19.1 Å². The van der Waals surface area contributed by atoms with Gasteiger partial charge in [-0.2, -0.15) is 0 Å². The van der Waals surface area contributed by atoms with Gasteiger partial charge in [0.1, 0.15) is 5.58 Å². The zero-order chi connectivity index (χ0) is 19.1. The van der Waals surface area contributed by atoms with Crippen molar-refractivity contribution in [1.29, 1.82) is 0 Å². The maximum atomic E-state index is 13.2. The Kier molecular flexibility index (Phi) is 4.11. The van der Waals surface area contributed by atoms with Crippen molar-refractivity contribution in [1.82, 2.24) is 4.90 Å². The molecule has 0 spiro atoms. The molecule has 0 saturated heterocycles. The molecule has 0 bridgehead atoms. The molecular formula is C21H19NO5. The van der Waals surface area contributed by atoms with Crippen LogP contribution in [0, 0.1) is 0 Å². The molecule has 138 valence electrons. The molecule has 1 aliphatic rings. The maximum absolute atomic E-state index is 13.2. The second-order valence-electron chi connectivity index (χ2n) is 6.32. The van der Waals surface area contributed by atoms with Crippen molar-refractivity contribution in [3.8, 4) is 11.5 Å². The predicted octanol–water partition coefficient (Wildman–Crippen LogP) is 3.46. The van der Waals surface area contributed by atoms with E-state index in [1.807, 2.05) is 13.8 Å². The largest absolute Gasteiger partial charge is 0.504 e. The number of phenolic OH excluding ortho intramolecular Hbond substituents is 1. The summed E-state index contributed by atoms with van der Waals surface area (Å²) in [5.41, 5.74) is 1.20. The summed E-state index contributed by atoms with van der Waals surface area (Å²) >= 11 is 0. The lowest BCUT2D eigenvalue weighted by atomic mass is 9.98. The lowest BCUT2D eigenvalue weighted by molar-refractivity contribution is 0.0737. The van der Waals surface area contributed by atoms with Crippen LogP contribution in [0.2, 0.25) is 0 Å². The Bertz CT molecular complexity index is 1100. The first-order chi connectivity index (χ1) is 13.1. The van der Waals surface area contributed by atoms with Crippen molar-refractivity contribution in [2.24, 2.45) is 0 Å². The van der Waals surface area contributed by atoms with Crippen molar-refractivity contribution in [2.75, 3.05) is 13.2 Å². The van der Waals surface area contributed by atoms with E-state index in [-0.39, 0.29) is 22.8 Å². The summed E-state index contributed by atoms with van der Waals surface area (Å²) in [7, 11) is 0. The summed E-state index contributed by atoms with van der Waals surface area (Å²) in [5.74, 6) is 0.0962. The number of nitrogens with zero attached hydrogens (tertiary/aromatic N) is 1. The van der Waals surface area contributed by atoms with E-state index < -0.39 is 6.04 Å². The molecule has 0 radical (unpaired) electrons. The average molecular weight is 365 g/mol. The van der Waals surface area contributed by atoms with Crippen LogP contribution >= 0.6 is 0 Å². The number of para-hydroxylation sites is 1. The van der Waals surface area contributed by atoms with Crippen LogP contribution < -0.4 is 10.2 Å². The molecule has 1 aliphatic heterocycles. The molecule has 6 nitrogen and oxygen atoms in total. The minimum atomic E-state index is -0.585. The summed E-state index contributed by atoms with van der Waals surface area (Å²) in [6.07, 6.45) is 0. The van der Waals surface area contributed by atoms with E-state index in [4.69, 9.17) is 9.15 Å². The van der Waals surface area contributed by atoms with Crippen LogP contribution in [0.4, 0.5) is 0 Å². The third-order valence-corrected chi connectivity index (χ3v) is 4.81. The number of fused-ring (bicyclic) bond motifs is 2. The van der Waals surface area contributed by atoms with Gasteiger partial charge in [0.25, 0.3) is 5.91 Å². The van der Waals surface area contributed by atoms with Gasteiger partial charge < -0.3 is 19.2 Å². The quantitative estimate of drug-likeness (QED) is 0.766. The highest BCUT2D eigenvalue weighted by Crippen LogP contribution is 2.40. The molecule has 3 aromatic rings. The van der Waals surface area contributed by atoms with Gasteiger partial charge in [0.15, 0.2) is 16.9 Å². The highest BCUT2D eigenvalue weighted by Gasteiger charge is 2.42. The van der Waals surface area contributed by atoms with Gasteiger partial charge in [-0.05, 0) is 43.7 Å². The summed E-state index contributed by atoms with van der Waals surface area (Å²) in [6, 6.07) is 11.2. The van der Waals surface area contributed by atoms with Gasteiger partial charge in [-0.15, -0.1) is 0 Å². The van der Waals surface area contributed by atoms with Crippen LogP contribution in [0.25, 0.3) is 11.0 Å². The molecule has 1 atom stereocenters. The number of aromatic hydroxyl groups is 1. The Morgan fingerprint density at radius 2 is 1.93 bits per heavy atom. The van der Waals surface area contributed by atoms with E-state index in [1.165, 1.54) is 6.07 Å². The van der Waals surface area contributed by atoms with Crippen molar-refractivity contribution in [3.05, 3.63) is 69.6 Å². The van der Waals surface area contributed by atoms with Crippen LogP contribution in [0.1, 0.15) is 41.6 Å². The van der Waals surface area contributed by atoms with Crippen LogP contribution in [-0.2, 0) is 0 Å². The first-order valence-corrected chi connectivity index (χ1v) is 8.89. The van der Waals surface area contributed by atoms with Crippen LogP contribution in [-0.4, -0.2) is 29.1 Å². The summed E-state index contributed by atoms with van der Waals surface area (Å²) in [4.78, 5) is 27.7. The smallest absolute Gasteiger partial charge is 0.290 e. The molecule has 0 fully saturated rings. The van der Waals surface area contributed by atoms with Crippen LogP contribution in [0.15, 0.2) is 51.7 Å². The number of phenols is 1. The first-order valence-electron chi connectivity index (χ1n) is 8.89. The Labute approximate surface area is 155 Å². The molecule has 0 saturated carbocycles. The lowest BCUT2D eigenvalue weighted by Gasteiger charge is -2.24. The molecule has 1 amide bonds. The van der Waals surface area contributed by atoms with E-state index in [0.29, 0.717) is 41.0 Å². The van der Waals surface area contributed by atoms with Crippen LogP contribution in [0.3, 0.4) is 0 Å². The molecule has 1 N–H and O–H groups in total. The molecule has 6 heteroatoms. The second-order valence-corrected chi connectivity index (χ2v) is 6.32. The highest BCUT2D eigenvalue weighted by atomic mass is 16.5. The van der Waals surface area contributed by atoms with E-state index in [2.05, 4.69) is 0 Å². The number of rotatable bonds is 4. The normalized spacial score (nSPS) is 16.0. The number of hydrogen-bond donors (Lipinski definition) is 1. The molecule has 2 aromatic carbocycles. The summed E-state index contributed by atoms with van der Waals surface area (Å²) in [5, 5.41) is 10.4. The molecule has 4 rings (SSSR count). The Balaban J connectivity index is 1.97. The predicted molar refractivity (Wildman–Crippen MR) is 100 cm³/mol. The fourth-order valence-corrected chi connectivity index (χ4v) is 3.61. The second kappa shape index (κ2) is 6.46. The molecule has 1 unspecified atom stereocenters. The zero-order valence-electron chi connectivity index (χ0n) is 15.1. The van der Waals surface area contributed by atoms with Gasteiger partial charge >= 0.3 is 0 Å². The van der Waals surface area contributed by atoms with Gasteiger partial charge in [0, 0.05) is 6.54 Å². The third-order valence-electron chi connectivity index (χ3n) is 4.81. The topological polar surface area (TPSA) is 80.0 Å². The SMILES string of the molecule is CCOc1cc(C2c3c(oc4ccccc4c3=O)C(=O)N2CC)ccc1O. The lowest BCUT2D eigenvalue weighted by Crippen LogP contribution is -2.29. The zero-order valence-corrected chi connectivity index (χ0v) is 15.1.